The van der Waals surface area contributed by atoms with Crippen LogP contribution < -0.4 is 5.32 Å². The summed E-state index contributed by atoms with van der Waals surface area (Å²) in [6, 6.07) is 6.15. The van der Waals surface area contributed by atoms with Crippen LogP contribution >= 0.6 is 0 Å². The van der Waals surface area contributed by atoms with Gasteiger partial charge in [-0.05, 0) is 50.8 Å². The summed E-state index contributed by atoms with van der Waals surface area (Å²) in [5.74, 6) is 0.229. The molecule has 1 aliphatic heterocycles. The lowest BCUT2D eigenvalue weighted by atomic mass is 10.1. The number of aryl methyl sites for hydroxylation is 2. The number of nitrogens with one attached hydrogen (secondary N) is 1. The van der Waals surface area contributed by atoms with Crippen molar-refractivity contribution in [3.8, 4) is 0 Å². The summed E-state index contributed by atoms with van der Waals surface area (Å²) in [4.78, 5) is 14.5. The number of anilines is 1. The van der Waals surface area contributed by atoms with E-state index in [1.165, 1.54) is 24.0 Å². The summed E-state index contributed by atoms with van der Waals surface area (Å²) in [5.41, 5.74) is 3.47. The van der Waals surface area contributed by atoms with Gasteiger partial charge in [0.05, 0.1) is 0 Å². The van der Waals surface area contributed by atoms with Crippen LogP contribution in [0, 0.1) is 13.8 Å². The molecular weight excluding hydrogens is 248 g/mol. The monoisotopic (exact) mass is 274 g/mol. The first-order valence-electron chi connectivity index (χ1n) is 7.70. The highest BCUT2D eigenvalue weighted by Crippen LogP contribution is 2.18. The van der Waals surface area contributed by atoms with Gasteiger partial charge in [0, 0.05) is 18.8 Å². The molecule has 1 amide bonds. The number of rotatable bonds is 3. The molecule has 0 radical (unpaired) electrons. The molecule has 2 rings (SSSR count). The molecule has 1 aromatic rings. The van der Waals surface area contributed by atoms with Crippen molar-refractivity contribution in [1.82, 2.24) is 4.90 Å². The van der Waals surface area contributed by atoms with Crippen LogP contribution in [0.3, 0.4) is 0 Å². The lowest BCUT2D eigenvalue weighted by molar-refractivity contribution is -0.131. The van der Waals surface area contributed by atoms with Crippen molar-refractivity contribution < 1.29 is 4.79 Å². The summed E-state index contributed by atoms with van der Waals surface area (Å²) >= 11 is 0. The van der Waals surface area contributed by atoms with Crippen molar-refractivity contribution in [3.63, 3.8) is 0 Å². The van der Waals surface area contributed by atoms with Gasteiger partial charge in [-0.3, -0.25) is 4.79 Å². The fourth-order valence-corrected chi connectivity index (χ4v) is 2.75. The van der Waals surface area contributed by atoms with Crippen LogP contribution in [0.2, 0.25) is 0 Å². The Morgan fingerprint density at radius 3 is 2.45 bits per heavy atom. The van der Waals surface area contributed by atoms with Gasteiger partial charge < -0.3 is 10.2 Å². The zero-order valence-corrected chi connectivity index (χ0v) is 12.9. The second-order valence-corrected chi connectivity index (χ2v) is 5.92. The Morgan fingerprint density at radius 1 is 1.15 bits per heavy atom. The van der Waals surface area contributed by atoms with E-state index >= 15 is 0 Å². The van der Waals surface area contributed by atoms with Gasteiger partial charge in [-0.15, -0.1) is 0 Å². The van der Waals surface area contributed by atoms with E-state index in [1.807, 2.05) is 11.8 Å². The summed E-state index contributed by atoms with van der Waals surface area (Å²) in [6.45, 7) is 7.95. The van der Waals surface area contributed by atoms with Gasteiger partial charge in [-0.2, -0.15) is 0 Å². The molecule has 3 heteroatoms. The van der Waals surface area contributed by atoms with Gasteiger partial charge in [-0.1, -0.05) is 25.0 Å². The van der Waals surface area contributed by atoms with E-state index < -0.39 is 0 Å². The Kier molecular flexibility index (Phi) is 5.05. The number of amides is 1. The van der Waals surface area contributed by atoms with Gasteiger partial charge >= 0.3 is 0 Å². The summed E-state index contributed by atoms with van der Waals surface area (Å²) in [6.07, 6.45) is 4.79. The third kappa shape index (κ3) is 3.75. The van der Waals surface area contributed by atoms with Gasteiger partial charge in [0.2, 0.25) is 5.91 Å². The molecule has 1 aromatic carbocycles. The molecule has 1 N–H and O–H groups in total. The fraction of sp³-hybridized carbons (Fsp3) is 0.588. The summed E-state index contributed by atoms with van der Waals surface area (Å²) in [5, 5.41) is 3.38. The first-order chi connectivity index (χ1) is 9.58. The summed E-state index contributed by atoms with van der Waals surface area (Å²) < 4.78 is 0. The SMILES string of the molecule is Cc1ccc(C)c(NC(C)C(=O)N2CCCCCC2)c1. The average Bonchev–Trinajstić information content (AvgIpc) is 2.71. The average molecular weight is 274 g/mol. The van der Waals surface area contributed by atoms with E-state index in [0.29, 0.717) is 0 Å². The number of benzene rings is 1. The quantitative estimate of drug-likeness (QED) is 0.915. The normalized spacial score (nSPS) is 17.4. The molecule has 110 valence electrons. The van der Waals surface area contributed by atoms with Crippen LogP contribution in [-0.4, -0.2) is 29.9 Å². The molecule has 0 aromatic heterocycles. The minimum absolute atomic E-state index is 0.159. The Morgan fingerprint density at radius 2 is 1.80 bits per heavy atom. The number of hydrogen-bond donors (Lipinski definition) is 1. The van der Waals surface area contributed by atoms with Gasteiger partial charge in [0.25, 0.3) is 0 Å². The van der Waals surface area contributed by atoms with Gasteiger partial charge in [-0.25, -0.2) is 0 Å². The topological polar surface area (TPSA) is 32.3 Å². The zero-order valence-electron chi connectivity index (χ0n) is 12.9. The van der Waals surface area contributed by atoms with E-state index in [0.717, 1.165) is 31.6 Å². The molecule has 1 atom stereocenters. The molecule has 3 nitrogen and oxygen atoms in total. The Labute approximate surface area is 122 Å². The van der Waals surface area contributed by atoms with Crippen LogP contribution in [0.5, 0.6) is 0 Å². The maximum Gasteiger partial charge on any atom is 0.244 e. The minimum Gasteiger partial charge on any atom is -0.374 e. The first-order valence-corrected chi connectivity index (χ1v) is 7.70. The second-order valence-electron chi connectivity index (χ2n) is 5.92. The molecule has 0 aliphatic carbocycles. The minimum atomic E-state index is -0.159. The third-order valence-electron chi connectivity index (χ3n) is 4.05. The standard InChI is InChI=1S/C17H26N2O/c1-13-8-9-14(2)16(12-13)18-15(3)17(20)19-10-6-4-5-7-11-19/h8-9,12,15,18H,4-7,10-11H2,1-3H3. The van der Waals surface area contributed by atoms with Crippen molar-refractivity contribution >= 4 is 11.6 Å². The van der Waals surface area contributed by atoms with E-state index in [-0.39, 0.29) is 11.9 Å². The molecule has 1 aliphatic rings. The Hall–Kier alpha value is -1.51. The Balaban J connectivity index is 2.01. The maximum atomic E-state index is 12.5. The highest BCUT2D eigenvalue weighted by atomic mass is 16.2. The molecule has 1 unspecified atom stereocenters. The molecule has 0 bridgehead atoms. The molecular formula is C17H26N2O. The second kappa shape index (κ2) is 6.78. The molecule has 0 saturated carbocycles. The van der Waals surface area contributed by atoms with E-state index in [2.05, 4.69) is 37.4 Å². The highest BCUT2D eigenvalue weighted by molar-refractivity contribution is 5.84. The van der Waals surface area contributed by atoms with Crippen molar-refractivity contribution in [3.05, 3.63) is 29.3 Å². The molecule has 1 heterocycles. The summed E-state index contributed by atoms with van der Waals surface area (Å²) in [7, 11) is 0. The smallest absolute Gasteiger partial charge is 0.244 e. The van der Waals surface area contributed by atoms with Gasteiger partial charge in [0.1, 0.15) is 6.04 Å². The van der Waals surface area contributed by atoms with E-state index in [9.17, 15) is 4.79 Å². The largest absolute Gasteiger partial charge is 0.374 e. The molecule has 1 fully saturated rings. The van der Waals surface area contributed by atoms with E-state index in [4.69, 9.17) is 0 Å². The number of hydrogen-bond acceptors (Lipinski definition) is 2. The van der Waals surface area contributed by atoms with Crippen molar-refractivity contribution in [1.29, 1.82) is 0 Å². The number of likely N-dealkylation sites (tertiary alicyclic amines) is 1. The van der Waals surface area contributed by atoms with Crippen LogP contribution in [0.15, 0.2) is 18.2 Å². The van der Waals surface area contributed by atoms with Crippen LogP contribution in [0.1, 0.15) is 43.7 Å². The Bertz CT molecular complexity index is 462. The predicted molar refractivity (Wildman–Crippen MR) is 84.0 cm³/mol. The van der Waals surface area contributed by atoms with E-state index in [1.54, 1.807) is 0 Å². The molecule has 20 heavy (non-hydrogen) atoms. The van der Waals surface area contributed by atoms with Crippen molar-refractivity contribution in [2.24, 2.45) is 0 Å². The molecule has 1 saturated heterocycles. The fourth-order valence-electron chi connectivity index (χ4n) is 2.75. The van der Waals surface area contributed by atoms with Gasteiger partial charge in [0.15, 0.2) is 0 Å². The predicted octanol–water partition coefficient (Wildman–Crippen LogP) is 3.51. The van der Waals surface area contributed by atoms with Crippen molar-refractivity contribution in [2.75, 3.05) is 18.4 Å². The molecule has 0 spiro atoms. The van der Waals surface area contributed by atoms with Crippen LogP contribution in [0.25, 0.3) is 0 Å². The highest BCUT2D eigenvalue weighted by Gasteiger charge is 2.21. The lowest BCUT2D eigenvalue weighted by Gasteiger charge is -2.25. The lowest BCUT2D eigenvalue weighted by Crippen LogP contribution is -2.42. The zero-order chi connectivity index (χ0) is 14.5. The van der Waals surface area contributed by atoms with Crippen LogP contribution in [-0.2, 0) is 4.79 Å². The number of carbonyl (C=O) groups excluding carboxylic acids is 1. The van der Waals surface area contributed by atoms with Crippen LogP contribution in [0.4, 0.5) is 5.69 Å². The first kappa shape index (κ1) is 14.9. The number of carbonyl (C=O) groups is 1. The maximum absolute atomic E-state index is 12.5. The van der Waals surface area contributed by atoms with Crippen molar-refractivity contribution in [2.45, 2.75) is 52.5 Å². The third-order valence-corrected chi connectivity index (χ3v) is 4.05. The number of nitrogens with zero attached hydrogens (tertiary/aromatic N) is 1.